The molecule has 0 aromatic carbocycles. The molecule has 3 rings (SSSR count). The molecule has 6 heteroatoms. The molecule has 3 heterocycles. The summed E-state index contributed by atoms with van der Waals surface area (Å²) in [6, 6.07) is 2.01. The molecular weight excluding hydrogens is 246 g/mol. The first-order valence-electron chi connectivity index (χ1n) is 5.68. The van der Waals surface area contributed by atoms with Crippen LogP contribution < -0.4 is 5.32 Å². The van der Waals surface area contributed by atoms with E-state index in [1.54, 1.807) is 17.7 Å². The number of fused-ring (bicyclic) bond motifs is 1. The van der Waals surface area contributed by atoms with Crippen LogP contribution in [0, 0.1) is 13.8 Å². The Morgan fingerprint density at radius 3 is 3.00 bits per heavy atom. The number of anilines is 1. The molecular formula is C12H13N5S. The molecule has 0 unspecified atom stereocenters. The van der Waals surface area contributed by atoms with Crippen LogP contribution in [0.3, 0.4) is 0 Å². The SMILES string of the molecule is Cc1nc(NCc2nc[nH]c2C)c2sccc2n1. The summed E-state index contributed by atoms with van der Waals surface area (Å²) in [5.41, 5.74) is 3.08. The number of nitrogens with zero attached hydrogens (tertiary/aromatic N) is 3. The van der Waals surface area contributed by atoms with E-state index in [4.69, 9.17) is 0 Å². The number of imidazole rings is 1. The van der Waals surface area contributed by atoms with Crippen LogP contribution in [-0.2, 0) is 6.54 Å². The van der Waals surface area contributed by atoms with Crippen LogP contribution in [0.4, 0.5) is 5.82 Å². The van der Waals surface area contributed by atoms with Gasteiger partial charge in [-0.1, -0.05) is 0 Å². The predicted molar refractivity (Wildman–Crippen MR) is 72.8 cm³/mol. The zero-order chi connectivity index (χ0) is 12.5. The molecule has 0 radical (unpaired) electrons. The number of rotatable bonds is 3. The standard InChI is InChI=1S/C12H13N5S/c1-7-10(15-6-14-7)5-13-12-11-9(3-4-18-11)16-8(2)17-12/h3-4,6H,5H2,1-2H3,(H,14,15)(H,13,16,17). The van der Waals surface area contributed by atoms with Gasteiger partial charge >= 0.3 is 0 Å². The number of hydrogen-bond donors (Lipinski definition) is 2. The first-order chi connectivity index (χ1) is 8.74. The number of H-pyrrole nitrogens is 1. The maximum Gasteiger partial charge on any atom is 0.148 e. The average Bonchev–Trinajstić information content (AvgIpc) is 2.94. The highest BCUT2D eigenvalue weighted by molar-refractivity contribution is 7.17. The summed E-state index contributed by atoms with van der Waals surface area (Å²) in [4.78, 5) is 16.2. The molecule has 0 bridgehead atoms. The fourth-order valence-electron chi connectivity index (χ4n) is 1.83. The fraction of sp³-hybridized carbons (Fsp3) is 0.250. The number of thiophene rings is 1. The molecule has 18 heavy (non-hydrogen) atoms. The third kappa shape index (κ3) is 1.95. The molecule has 5 nitrogen and oxygen atoms in total. The third-order valence-corrected chi connectivity index (χ3v) is 3.68. The minimum atomic E-state index is 0.665. The van der Waals surface area contributed by atoms with Gasteiger partial charge < -0.3 is 10.3 Å². The lowest BCUT2D eigenvalue weighted by atomic mass is 10.3. The molecule has 0 aliphatic rings. The lowest BCUT2D eigenvalue weighted by molar-refractivity contribution is 1.01. The van der Waals surface area contributed by atoms with E-state index in [-0.39, 0.29) is 0 Å². The van der Waals surface area contributed by atoms with Gasteiger partial charge in [0.1, 0.15) is 11.6 Å². The van der Waals surface area contributed by atoms with Crippen LogP contribution in [0.5, 0.6) is 0 Å². The second kappa shape index (κ2) is 4.38. The Morgan fingerprint density at radius 2 is 2.22 bits per heavy atom. The molecule has 3 aromatic rings. The molecule has 0 saturated heterocycles. The molecule has 92 valence electrons. The van der Waals surface area contributed by atoms with Gasteiger partial charge in [0.15, 0.2) is 0 Å². The summed E-state index contributed by atoms with van der Waals surface area (Å²) in [5, 5.41) is 5.37. The maximum atomic E-state index is 4.45. The lowest BCUT2D eigenvalue weighted by Crippen LogP contribution is -2.04. The molecule has 0 amide bonds. The smallest absolute Gasteiger partial charge is 0.148 e. The van der Waals surface area contributed by atoms with Gasteiger partial charge in [-0.3, -0.25) is 0 Å². The first kappa shape index (κ1) is 11.2. The third-order valence-electron chi connectivity index (χ3n) is 2.77. The zero-order valence-corrected chi connectivity index (χ0v) is 11.0. The number of aromatic nitrogens is 4. The second-order valence-corrected chi connectivity index (χ2v) is 5.00. The highest BCUT2D eigenvalue weighted by Gasteiger charge is 2.08. The monoisotopic (exact) mass is 259 g/mol. The van der Waals surface area contributed by atoms with Crippen LogP contribution in [-0.4, -0.2) is 19.9 Å². The van der Waals surface area contributed by atoms with E-state index >= 15 is 0 Å². The Balaban J connectivity index is 1.90. The lowest BCUT2D eigenvalue weighted by Gasteiger charge is -2.06. The van der Waals surface area contributed by atoms with E-state index in [2.05, 4.69) is 25.3 Å². The number of nitrogens with one attached hydrogen (secondary N) is 2. The van der Waals surface area contributed by atoms with E-state index in [0.29, 0.717) is 6.54 Å². The Kier molecular flexibility index (Phi) is 2.71. The Hall–Kier alpha value is -1.95. The summed E-state index contributed by atoms with van der Waals surface area (Å²) in [7, 11) is 0. The molecule has 2 N–H and O–H groups in total. The van der Waals surface area contributed by atoms with Crippen molar-refractivity contribution in [3.8, 4) is 0 Å². The minimum absolute atomic E-state index is 0.665. The Labute approximate surface area is 108 Å². The van der Waals surface area contributed by atoms with Crippen molar-refractivity contribution in [2.75, 3.05) is 5.32 Å². The fourth-order valence-corrected chi connectivity index (χ4v) is 2.63. The van der Waals surface area contributed by atoms with Gasteiger partial charge in [-0.15, -0.1) is 11.3 Å². The molecule has 0 aliphatic carbocycles. The summed E-state index contributed by atoms with van der Waals surface area (Å²) >= 11 is 1.65. The number of aryl methyl sites for hydroxylation is 2. The van der Waals surface area contributed by atoms with Gasteiger partial charge in [0.2, 0.25) is 0 Å². The van der Waals surface area contributed by atoms with Crippen molar-refractivity contribution in [1.82, 2.24) is 19.9 Å². The number of aromatic amines is 1. The van der Waals surface area contributed by atoms with Gasteiger partial charge in [0, 0.05) is 5.69 Å². The zero-order valence-electron chi connectivity index (χ0n) is 10.2. The molecule has 0 atom stereocenters. The van der Waals surface area contributed by atoms with Gasteiger partial charge in [-0.05, 0) is 25.3 Å². The van der Waals surface area contributed by atoms with Gasteiger partial charge in [0.25, 0.3) is 0 Å². The summed E-state index contributed by atoms with van der Waals surface area (Å²) in [6.45, 7) is 4.58. The van der Waals surface area contributed by atoms with Crippen molar-refractivity contribution in [3.05, 3.63) is 35.0 Å². The van der Waals surface area contributed by atoms with Crippen molar-refractivity contribution in [2.24, 2.45) is 0 Å². The molecule has 0 spiro atoms. The van der Waals surface area contributed by atoms with Crippen molar-refractivity contribution in [2.45, 2.75) is 20.4 Å². The van der Waals surface area contributed by atoms with Crippen molar-refractivity contribution in [1.29, 1.82) is 0 Å². The topological polar surface area (TPSA) is 66.5 Å². The van der Waals surface area contributed by atoms with Crippen LogP contribution in [0.25, 0.3) is 10.2 Å². The first-order valence-corrected chi connectivity index (χ1v) is 6.56. The molecule has 0 aliphatic heterocycles. The number of hydrogen-bond acceptors (Lipinski definition) is 5. The summed E-state index contributed by atoms with van der Waals surface area (Å²) in [5.74, 6) is 1.66. The van der Waals surface area contributed by atoms with E-state index < -0.39 is 0 Å². The second-order valence-electron chi connectivity index (χ2n) is 4.08. The maximum absolute atomic E-state index is 4.45. The predicted octanol–water partition coefficient (Wildman–Crippen LogP) is 2.64. The van der Waals surface area contributed by atoms with Gasteiger partial charge in [0.05, 0.1) is 28.8 Å². The highest BCUT2D eigenvalue weighted by atomic mass is 32.1. The van der Waals surface area contributed by atoms with Crippen LogP contribution in [0.15, 0.2) is 17.8 Å². The van der Waals surface area contributed by atoms with Crippen LogP contribution in [0.1, 0.15) is 17.2 Å². The van der Waals surface area contributed by atoms with E-state index in [1.165, 1.54) is 0 Å². The average molecular weight is 259 g/mol. The van der Waals surface area contributed by atoms with Crippen LogP contribution in [0.2, 0.25) is 0 Å². The normalized spacial score (nSPS) is 11.0. The molecule has 0 fully saturated rings. The van der Waals surface area contributed by atoms with E-state index in [0.717, 1.165) is 33.2 Å². The van der Waals surface area contributed by atoms with E-state index in [9.17, 15) is 0 Å². The summed E-state index contributed by atoms with van der Waals surface area (Å²) in [6.07, 6.45) is 1.71. The highest BCUT2D eigenvalue weighted by Crippen LogP contribution is 2.26. The van der Waals surface area contributed by atoms with Gasteiger partial charge in [-0.2, -0.15) is 0 Å². The van der Waals surface area contributed by atoms with Crippen molar-refractivity contribution in [3.63, 3.8) is 0 Å². The summed E-state index contributed by atoms with van der Waals surface area (Å²) < 4.78 is 1.09. The molecule has 0 saturated carbocycles. The van der Waals surface area contributed by atoms with Gasteiger partial charge in [-0.25, -0.2) is 15.0 Å². The molecule has 3 aromatic heterocycles. The quantitative estimate of drug-likeness (QED) is 0.759. The van der Waals surface area contributed by atoms with E-state index in [1.807, 2.05) is 25.3 Å². The largest absolute Gasteiger partial charge is 0.363 e. The van der Waals surface area contributed by atoms with Crippen molar-refractivity contribution >= 4 is 27.4 Å². The van der Waals surface area contributed by atoms with Crippen LogP contribution >= 0.6 is 11.3 Å². The Bertz CT molecular complexity index is 685. The minimum Gasteiger partial charge on any atom is -0.363 e. The van der Waals surface area contributed by atoms with Crippen molar-refractivity contribution < 1.29 is 0 Å². The Morgan fingerprint density at radius 1 is 1.33 bits per heavy atom.